The maximum absolute atomic E-state index is 5.75. The van der Waals surface area contributed by atoms with Crippen molar-refractivity contribution in [2.24, 2.45) is 0 Å². The number of ether oxygens (including phenoxy) is 2. The average Bonchev–Trinajstić information content (AvgIpc) is 3.20. The van der Waals surface area contributed by atoms with E-state index in [9.17, 15) is 0 Å². The molecule has 5 nitrogen and oxygen atoms in total. The molecule has 0 bridgehead atoms. The van der Waals surface area contributed by atoms with Crippen LogP contribution in [-0.2, 0) is 9.47 Å². The van der Waals surface area contributed by atoms with Crippen LogP contribution in [0.5, 0.6) is 0 Å². The van der Waals surface area contributed by atoms with Crippen LogP contribution in [-0.4, -0.2) is 31.5 Å². The Bertz CT molecular complexity index is 588. The zero-order valence-electron chi connectivity index (χ0n) is 12.1. The summed E-state index contributed by atoms with van der Waals surface area (Å²) in [5.74, 6) is 1.40. The van der Waals surface area contributed by atoms with Gasteiger partial charge in [-0.25, -0.2) is 4.98 Å². The molecule has 1 fully saturated rings. The van der Waals surface area contributed by atoms with Crippen LogP contribution in [0.15, 0.2) is 22.6 Å². The fraction of sp³-hybridized carbons (Fsp3) is 0.533. The number of benzene rings is 1. The van der Waals surface area contributed by atoms with E-state index in [4.69, 9.17) is 13.9 Å². The summed E-state index contributed by atoms with van der Waals surface area (Å²) in [4.78, 5) is 4.56. The maximum atomic E-state index is 5.75. The van der Waals surface area contributed by atoms with Gasteiger partial charge < -0.3 is 19.2 Å². The lowest BCUT2D eigenvalue weighted by Crippen LogP contribution is -2.33. The Morgan fingerprint density at radius 1 is 1.30 bits per heavy atom. The van der Waals surface area contributed by atoms with E-state index in [1.165, 1.54) is 12.8 Å². The first kappa shape index (κ1) is 13.4. The molecule has 1 atom stereocenters. The Hall–Kier alpha value is -1.59. The molecule has 1 heterocycles. The highest BCUT2D eigenvalue weighted by Gasteiger charge is 2.28. The summed E-state index contributed by atoms with van der Waals surface area (Å²) in [6, 6.07) is 5.99. The number of hydrogen-bond acceptors (Lipinski definition) is 5. The number of fused-ring (bicyclic) bond motifs is 1. The SMILES string of the molecule is COC(OC)C(C)Nc1ccc2oc(C3CC3)nc2c1. The van der Waals surface area contributed by atoms with Crippen molar-refractivity contribution in [3.8, 4) is 0 Å². The van der Waals surface area contributed by atoms with Crippen LogP contribution in [0, 0.1) is 0 Å². The minimum absolute atomic E-state index is 0.0391. The Labute approximate surface area is 118 Å². The van der Waals surface area contributed by atoms with E-state index in [2.05, 4.69) is 10.3 Å². The second-order valence-corrected chi connectivity index (χ2v) is 5.28. The Balaban J connectivity index is 1.77. The first-order valence-corrected chi connectivity index (χ1v) is 6.94. The van der Waals surface area contributed by atoms with Gasteiger partial charge in [0.25, 0.3) is 0 Å². The lowest BCUT2D eigenvalue weighted by molar-refractivity contribution is -0.109. The summed E-state index contributed by atoms with van der Waals surface area (Å²) in [5, 5.41) is 3.36. The van der Waals surface area contributed by atoms with Crippen LogP contribution in [0.2, 0.25) is 0 Å². The summed E-state index contributed by atoms with van der Waals surface area (Å²) in [6.45, 7) is 2.01. The van der Waals surface area contributed by atoms with E-state index < -0.39 is 0 Å². The predicted molar refractivity (Wildman–Crippen MR) is 76.9 cm³/mol. The van der Waals surface area contributed by atoms with Crippen LogP contribution in [0.4, 0.5) is 5.69 Å². The first-order chi connectivity index (χ1) is 9.71. The third-order valence-electron chi connectivity index (χ3n) is 3.60. The third kappa shape index (κ3) is 2.64. The van der Waals surface area contributed by atoms with Gasteiger partial charge in [-0.15, -0.1) is 0 Å². The summed E-state index contributed by atoms with van der Waals surface area (Å²) in [6.07, 6.45) is 2.10. The van der Waals surface area contributed by atoms with Crippen molar-refractivity contribution in [1.29, 1.82) is 0 Å². The summed E-state index contributed by atoms with van der Waals surface area (Å²) in [5.41, 5.74) is 2.73. The molecule has 1 aromatic heterocycles. The quantitative estimate of drug-likeness (QED) is 0.821. The van der Waals surface area contributed by atoms with Gasteiger partial charge in [0.2, 0.25) is 0 Å². The number of nitrogens with zero attached hydrogens (tertiary/aromatic N) is 1. The number of hydrogen-bond donors (Lipinski definition) is 1. The van der Waals surface area contributed by atoms with Gasteiger partial charge in [-0.2, -0.15) is 0 Å². The van der Waals surface area contributed by atoms with Crippen molar-refractivity contribution in [3.05, 3.63) is 24.1 Å². The van der Waals surface area contributed by atoms with E-state index in [1.54, 1.807) is 14.2 Å². The normalized spacial score (nSPS) is 16.8. The van der Waals surface area contributed by atoms with Crippen LogP contribution >= 0.6 is 0 Å². The third-order valence-corrected chi connectivity index (χ3v) is 3.60. The molecule has 108 valence electrons. The van der Waals surface area contributed by atoms with Crippen molar-refractivity contribution in [2.45, 2.75) is 38.0 Å². The molecule has 1 saturated carbocycles. The van der Waals surface area contributed by atoms with E-state index in [0.29, 0.717) is 5.92 Å². The highest BCUT2D eigenvalue weighted by Crippen LogP contribution is 2.40. The zero-order chi connectivity index (χ0) is 14.1. The molecule has 2 aromatic rings. The molecule has 0 spiro atoms. The Morgan fingerprint density at radius 2 is 2.05 bits per heavy atom. The fourth-order valence-electron chi connectivity index (χ4n) is 2.38. The number of oxazole rings is 1. The average molecular weight is 276 g/mol. The highest BCUT2D eigenvalue weighted by atomic mass is 16.7. The standard InChI is InChI=1S/C15H20N2O3/c1-9(15(18-2)19-3)16-11-6-7-13-12(8-11)17-14(20-13)10-4-5-10/h6-10,15-16H,4-5H2,1-3H3. The number of nitrogens with one attached hydrogen (secondary N) is 1. The molecule has 0 saturated heterocycles. The van der Waals surface area contributed by atoms with Crippen molar-refractivity contribution in [1.82, 2.24) is 4.98 Å². The van der Waals surface area contributed by atoms with E-state index in [-0.39, 0.29) is 12.3 Å². The lowest BCUT2D eigenvalue weighted by Gasteiger charge is -2.22. The maximum Gasteiger partial charge on any atom is 0.198 e. The second kappa shape index (κ2) is 5.42. The monoisotopic (exact) mass is 276 g/mol. The molecule has 20 heavy (non-hydrogen) atoms. The van der Waals surface area contributed by atoms with Crippen molar-refractivity contribution in [2.75, 3.05) is 19.5 Å². The van der Waals surface area contributed by atoms with Gasteiger partial charge in [0, 0.05) is 25.8 Å². The van der Waals surface area contributed by atoms with Gasteiger partial charge in [-0.05, 0) is 38.0 Å². The van der Waals surface area contributed by atoms with Crippen LogP contribution in [0.1, 0.15) is 31.6 Å². The molecular formula is C15H20N2O3. The number of anilines is 1. The van der Waals surface area contributed by atoms with Gasteiger partial charge in [0.1, 0.15) is 5.52 Å². The van der Waals surface area contributed by atoms with Crippen LogP contribution in [0.25, 0.3) is 11.1 Å². The molecule has 1 N–H and O–H groups in total. The molecule has 0 radical (unpaired) electrons. The highest BCUT2D eigenvalue weighted by molar-refractivity contribution is 5.77. The summed E-state index contributed by atoms with van der Waals surface area (Å²) >= 11 is 0. The van der Waals surface area contributed by atoms with E-state index in [1.807, 2.05) is 25.1 Å². The van der Waals surface area contributed by atoms with Gasteiger partial charge in [0.15, 0.2) is 17.8 Å². The number of methoxy groups -OCH3 is 2. The van der Waals surface area contributed by atoms with Crippen LogP contribution in [0.3, 0.4) is 0 Å². The van der Waals surface area contributed by atoms with Crippen LogP contribution < -0.4 is 5.32 Å². The number of rotatable bonds is 6. The largest absolute Gasteiger partial charge is 0.440 e. The van der Waals surface area contributed by atoms with Gasteiger partial charge in [0.05, 0.1) is 6.04 Å². The first-order valence-electron chi connectivity index (χ1n) is 6.94. The minimum atomic E-state index is -0.287. The predicted octanol–water partition coefficient (Wildman–Crippen LogP) is 3.12. The summed E-state index contributed by atoms with van der Waals surface area (Å²) < 4.78 is 16.2. The van der Waals surface area contributed by atoms with E-state index >= 15 is 0 Å². The molecule has 3 rings (SSSR count). The molecule has 1 aliphatic rings. The molecule has 0 aliphatic heterocycles. The van der Waals surface area contributed by atoms with Crippen molar-refractivity contribution in [3.63, 3.8) is 0 Å². The van der Waals surface area contributed by atoms with Gasteiger partial charge in [-0.1, -0.05) is 0 Å². The number of aromatic nitrogens is 1. The summed E-state index contributed by atoms with van der Waals surface area (Å²) in [7, 11) is 3.27. The van der Waals surface area contributed by atoms with Crippen molar-refractivity contribution < 1.29 is 13.9 Å². The second-order valence-electron chi connectivity index (χ2n) is 5.28. The van der Waals surface area contributed by atoms with Gasteiger partial charge >= 0.3 is 0 Å². The van der Waals surface area contributed by atoms with Crippen molar-refractivity contribution >= 4 is 16.8 Å². The Morgan fingerprint density at radius 3 is 2.70 bits per heavy atom. The van der Waals surface area contributed by atoms with Gasteiger partial charge in [-0.3, -0.25) is 0 Å². The fourth-order valence-corrected chi connectivity index (χ4v) is 2.38. The molecule has 5 heteroatoms. The molecular weight excluding hydrogens is 256 g/mol. The van der Waals surface area contributed by atoms with E-state index in [0.717, 1.165) is 22.7 Å². The molecule has 0 amide bonds. The molecule has 1 unspecified atom stereocenters. The minimum Gasteiger partial charge on any atom is -0.440 e. The smallest absolute Gasteiger partial charge is 0.198 e. The topological polar surface area (TPSA) is 56.5 Å². The lowest BCUT2D eigenvalue weighted by atomic mass is 10.2. The molecule has 1 aromatic carbocycles. The Kier molecular flexibility index (Phi) is 3.63. The zero-order valence-corrected chi connectivity index (χ0v) is 12.1. The molecule has 1 aliphatic carbocycles.